The van der Waals surface area contributed by atoms with E-state index >= 15 is 0 Å². The fourth-order valence-corrected chi connectivity index (χ4v) is 11.6. The Hall–Kier alpha value is -4.08. The molecule has 1 aromatic carbocycles. The van der Waals surface area contributed by atoms with Gasteiger partial charge in [0.1, 0.15) is 12.2 Å². The maximum atomic E-state index is 13.6. The molecule has 14 heteroatoms. The molecule has 10 rings (SSSR count). The van der Waals surface area contributed by atoms with Gasteiger partial charge in [-0.3, -0.25) is 19.4 Å². The molecule has 55 heavy (non-hydrogen) atoms. The van der Waals surface area contributed by atoms with Gasteiger partial charge >= 0.3 is 5.97 Å². The van der Waals surface area contributed by atoms with Crippen molar-refractivity contribution in [2.45, 2.75) is 76.2 Å². The zero-order valence-electron chi connectivity index (χ0n) is 31.6. The largest absolute Gasteiger partial charge is 0.423 e. The fraction of sp³-hybridized carbons (Fsp3) is 0.610. The summed E-state index contributed by atoms with van der Waals surface area (Å²) in [7, 11) is 0. The lowest BCUT2D eigenvalue weighted by Gasteiger charge is -2.61. The molecule has 1 aromatic heterocycles. The number of anilines is 2. The first-order chi connectivity index (χ1) is 26.4. The second kappa shape index (κ2) is 13.8. The molecule has 2 saturated carbocycles. The first-order valence-electron chi connectivity index (χ1n) is 19.9. The Labute approximate surface area is 321 Å². The number of ether oxygens (including phenoxy) is 2. The quantitative estimate of drug-likeness (QED) is 0.113. The molecule has 6 N–H and O–H groups in total. The number of amides is 2. The molecule has 8 aliphatic rings. The first-order valence-corrected chi connectivity index (χ1v) is 19.9. The molecule has 4 unspecified atom stereocenters. The number of hydrogen-bond donors (Lipinski definition) is 6. The fourth-order valence-electron chi connectivity index (χ4n) is 11.6. The van der Waals surface area contributed by atoms with Crippen LogP contribution in [0.3, 0.4) is 0 Å². The number of esters is 1. The van der Waals surface area contributed by atoms with E-state index in [1.165, 1.54) is 0 Å². The number of allylic oxidation sites excluding steroid dienone is 1. The number of rotatable bonds is 11. The number of carbonyl (C=O) groups is 3. The van der Waals surface area contributed by atoms with Gasteiger partial charge in [0.15, 0.2) is 0 Å². The van der Waals surface area contributed by atoms with Gasteiger partial charge in [-0.1, -0.05) is 26.0 Å². The number of imidazole rings is 1. The van der Waals surface area contributed by atoms with Gasteiger partial charge in [0.05, 0.1) is 43.2 Å². The van der Waals surface area contributed by atoms with Crippen LogP contribution < -0.4 is 16.0 Å². The van der Waals surface area contributed by atoms with Crippen LogP contribution in [-0.2, 0) is 23.9 Å². The van der Waals surface area contributed by atoms with Crippen molar-refractivity contribution in [2.24, 2.45) is 34.5 Å². The molecule has 7 atom stereocenters. The van der Waals surface area contributed by atoms with E-state index in [4.69, 9.17) is 9.47 Å². The number of piperidine rings is 2. The van der Waals surface area contributed by atoms with Crippen LogP contribution in [-0.4, -0.2) is 118 Å². The minimum absolute atomic E-state index is 0.0500. The van der Waals surface area contributed by atoms with E-state index in [0.29, 0.717) is 54.3 Å². The van der Waals surface area contributed by atoms with Crippen molar-refractivity contribution in [3.05, 3.63) is 59.6 Å². The molecule has 14 nitrogen and oxygen atoms in total. The van der Waals surface area contributed by atoms with Crippen molar-refractivity contribution in [3.63, 3.8) is 0 Å². The number of epoxide rings is 1. The van der Waals surface area contributed by atoms with Gasteiger partial charge in [-0.2, -0.15) is 0 Å². The molecule has 1 spiro atoms. The number of nitrogens with zero attached hydrogens (tertiary/aromatic N) is 3. The van der Waals surface area contributed by atoms with Crippen LogP contribution in [0.4, 0.5) is 11.6 Å². The summed E-state index contributed by atoms with van der Waals surface area (Å²) in [6, 6.07) is 6.86. The highest BCUT2D eigenvalue weighted by atomic mass is 16.6. The Balaban J connectivity index is 0.877. The maximum Gasteiger partial charge on any atom is 0.341 e. The van der Waals surface area contributed by atoms with Crippen molar-refractivity contribution in [3.8, 4) is 0 Å². The third-order valence-corrected chi connectivity index (χ3v) is 14.4. The number of aliphatic hydroxyl groups is 2. The van der Waals surface area contributed by atoms with E-state index in [0.717, 1.165) is 57.7 Å². The number of benzene rings is 1. The average Bonchev–Trinajstić information content (AvgIpc) is 3.53. The number of nitrogens with one attached hydrogen (secondary N) is 4. The van der Waals surface area contributed by atoms with Gasteiger partial charge in [0, 0.05) is 67.6 Å². The Morgan fingerprint density at radius 2 is 1.80 bits per heavy atom. The van der Waals surface area contributed by atoms with E-state index in [1.807, 2.05) is 19.1 Å². The van der Waals surface area contributed by atoms with E-state index in [-0.39, 0.29) is 53.7 Å². The lowest BCUT2D eigenvalue weighted by molar-refractivity contribution is -0.177. The van der Waals surface area contributed by atoms with Crippen LogP contribution in [0.2, 0.25) is 0 Å². The van der Waals surface area contributed by atoms with Crippen molar-refractivity contribution in [2.75, 3.05) is 56.7 Å². The van der Waals surface area contributed by atoms with E-state index in [2.05, 4.69) is 42.6 Å². The van der Waals surface area contributed by atoms with Crippen molar-refractivity contribution in [1.29, 1.82) is 0 Å². The summed E-state index contributed by atoms with van der Waals surface area (Å²) in [4.78, 5) is 51.7. The van der Waals surface area contributed by atoms with E-state index < -0.39 is 23.5 Å². The molecule has 7 fully saturated rings. The smallest absolute Gasteiger partial charge is 0.341 e. The normalized spacial score (nSPS) is 39.7. The summed E-state index contributed by atoms with van der Waals surface area (Å²) < 4.78 is 12.1. The summed E-state index contributed by atoms with van der Waals surface area (Å²) in [6.45, 7) is 9.89. The second-order valence-corrected chi connectivity index (χ2v) is 17.8. The molecule has 2 amide bonds. The van der Waals surface area contributed by atoms with E-state index in [9.17, 15) is 24.6 Å². The topological polar surface area (TPSA) is 185 Å². The summed E-state index contributed by atoms with van der Waals surface area (Å²) in [6.07, 6.45) is 9.82. The minimum atomic E-state index is -0.619. The highest BCUT2D eigenvalue weighted by molar-refractivity contribution is 6.03. The van der Waals surface area contributed by atoms with Crippen LogP contribution in [0.25, 0.3) is 6.08 Å². The SMILES string of the molecule is C[C@]12CC[C@@H](O)[C@@](C)(CO)C1CCC1(CO1)C2CC(Nc1ncc[nH]1)C1=CC(=Cc2ccc(NC(=O)CC(=O)NC3C4CN5CC3CN(C4)C5)cc2)OC1=O. The number of cyclic esters (lactones) is 1. The molecule has 7 heterocycles. The van der Waals surface area contributed by atoms with Gasteiger partial charge < -0.3 is 40.6 Å². The molecule has 5 saturated heterocycles. The summed E-state index contributed by atoms with van der Waals surface area (Å²) in [5, 5.41) is 31.1. The lowest BCUT2D eigenvalue weighted by atomic mass is 9.44. The van der Waals surface area contributed by atoms with E-state index in [1.54, 1.807) is 36.7 Å². The number of carbonyl (C=O) groups excluding carboxylic acids is 3. The molecule has 2 aliphatic carbocycles. The number of H-pyrrole nitrogens is 1. The standard InChI is InChI=1S/C41H53N7O7/c1-39-9-8-33(50)40(2,21-49)31(39)7-10-41(22-54-41)32(39)15-30(45-38-42-11-12-43-38)29-14-28(55-37(29)53)13-24-3-5-27(6-4-24)44-34(51)16-35(52)46-36-25-17-47-19-26(36)20-48(18-25)23-47/h3-6,11-14,25-26,30-33,36,49-50H,7-10,15-23H2,1-2H3,(H,44,51)(H,46,52)(H2,42,43,45)/t25?,26?,30?,31?,32?,33-,36?,39+,40+,41?/m1/s1. The third kappa shape index (κ3) is 6.69. The monoisotopic (exact) mass is 755 g/mol. The Bertz CT molecular complexity index is 1850. The third-order valence-electron chi connectivity index (χ3n) is 14.4. The van der Waals surface area contributed by atoms with Crippen LogP contribution >= 0.6 is 0 Å². The predicted octanol–water partition coefficient (Wildman–Crippen LogP) is 2.71. The molecule has 0 radical (unpaired) electrons. The van der Waals surface area contributed by atoms with Crippen LogP contribution in [0.15, 0.2) is 54.1 Å². The molecular weight excluding hydrogens is 702 g/mol. The van der Waals surface area contributed by atoms with Crippen molar-refractivity contribution < 1.29 is 34.1 Å². The minimum Gasteiger partial charge on any atom is -0.423 e. The molecular formula is C41H53N7O7. The van der Waals surface area contributed by atoms with Crippen LogP contribution in [0.5, 0.6) is 0 Å². The Kier molecular flexibility index (Phi) is 9.20. The molecule has 6 aliphatic heterocycles. The molecule has 294 valence electrons. The highest BCUT2D eigenvalue weighted by Gasteiger charge is 2.67. The summed E-state index contributed by atoms with van der Waals surface area (Å²) in [5.74, 6) is 0.845. The zero-order valence-corrected chi connectivity index (χ0v) is 31.6. The predicted molar refractivity (Wildman–Crippen MR) is 203 cm³/mol. The van der Waals surface area contributed by atoms with Gasteiger partial charge in [-0.15, -0.1) is 0 Å². The highest BCUT2D eigenvalue weighted by Crippen LogP contribution is 2.66. The van der Waals surface area contributed by atoms with Gasteiger partial charge in [0.2, 0.25) is 17.8 Å². The van der Waals surface area contributed by atoms with Gasteiger partial charge in [0.25, 0.3) is 0 Å². The first kappa shape index (κ1) is 36.6. The lowest BCUT2D eigenvalue weighted by Crippen LogP contribution is -2.71. The van der Waals surface area contributed by atoms with Gasteiger partial charge in [-0.25, -0.2) is 9.78 Å². The number of hydrogen-bond acceptors (Lipinski definition) is 11. The number of aliphatic hydroxyl groups excluding tert-OH is 2. The number of aromatic nitrogens is 2. The second-order valence-electron chi connectivity index (χ2n) is 17.8. The maximum absolute atomic E-state index is 13.6. The van der Waals surface area contributed by atoms with Crippen LogP contribution in [0, 0.1) is 34.5 Å². The molecule has 4 bridgehead atoms. The van der Waals surface area contributed by atoms with Crippen molar-refractivity contribution >= 4 is 35.5 Å². The Morgan fingerprint density at radius 3 is 2.45 bits per heavy atom. The summed E-state index contributed by atoms with van der Waals surface area (Å²) >= 11 is 0. The van der Waals surface area contributed by atoms with Crippen molar-refractivity contribution in [1.82, 2.24) is 25.1 Å². The summed E-state index contributed by atoms with van der Waals surface area (Å²) in [5.41, 5.74) is 0.670. The number of aromatic amines is 1. The molecule has 2 aromatic rings. The zero-order chi connectivity index (χ0) is 38.1. The Morgan fingerprint density at radius 1 is 1.07 bits per heavy atom. The average molecular weight is 756 g/mol. The van der Waals surface area contributed by atoms with Crippen LogP contribution in [0.1, 0.15) is 57.9 Å². The van der Waals surface area contributed by atoms with Gasteiger partial charge in [-0.05, 0) is 79.2 Å². The number of fused-ring (bicyclic) bond motifs is 1.